The van der Waals surface area contributed by atoms with Crippen LogP contribution in [0.1, 0.15) is 6.92 Å². The lowest BCUT2D eigenvalue weighted by Crippen LogP contribution is -1.88. The van der Waals surface area contributed by atoms with E-state index in [1.807, 2.05) is 0 Å². The second kappa shape index (κ2) is 4.41. The van der Waals surface area contributed by atoms with E-state index >= 15 is 0 Å². The fraction of sp³-hybridized carbons (Fsp3) is 0.500. The Morgan fingerprint density at radius 2 is 2.00 bits per heavy atom. The lowest BCUT2D eigenvalue weighted by atomic mass is 10.9. The van der Waals surface area contributed by atoms with E-state index in [4.69, 9.17) is 4.89 Å². The molecule has 0 saturated heterocycles. The summed E-state index contributed by atoms with van der Waals surface area (Å²) in [6.45, 7) is 1.00. The number of carbonyl (C=O) groups excluding carboxylic acids is 1. The summed E-state index contributed by atoms with van der Waals surface area (Å²) in [4.78, 5) is 17.9. The molecule has 8 heteroatoms. The van der Waals surface area contributed by atoms with Gasteiger partial charge in [0.2, 0.25) is 0 Å². The van der Waals surface area contributed by atoms with Crippen molar-refractivity contribution >= 4 is 22.5 Å². The Hall–Kier alpha value is -0.410. The van der Waals surface area contributed by atoms with E-state index in [1.165, 1.54) is 0 Å². The van der Waals surface area contributed by atoms with Gasteiger partial charge in [-0.15, -0.1) is 4.89 Å². The van der Waals surface area contributed by atoms with Crippen molar-refractivity contribution in [2.24, 2.45) is 0 Å². The van der Waals surface area contributed by atoms with Crippen LogP contribution >= 0.6 is 16.5 Å². The van der Waals surface area contributed by atoms with Gasteiger partial charge in [0.15, 0.2) is 4.31 Å². The molecule has 0 heterocycles. The molecule has 6 nitrogen and oxygen atoms in total. The highest BCUT2D eigenvalue weighted by Crippen LogP contribution is 2.35. The summed E-state index contributed by atoms with van der Waals surface area (Å²) in [6, 6.07) is 0. The smallest absolute Gasteiger partial charge is 0.247 e. The summed E-state index contributed by atoms with van der Waals surface area (Å²) in [7, 11) is -5.77. The zero-order chi connectivity index (χ0) is 8.15. The maximum absolute atomic E-state index is 10.2. The largest absolute Gasteiger partial charge is 0.803 e. The molecular weight excluding hydrogens is 182 g/mol. The number of carbonyl (C=O) groups is 1. The second-order valence-corrected chi connectivity index (χ2v) is 2.88. The van der Waals surface area contributed by atoms with Crippen molar-refractivity contribution in [3.05, 3.63) is 0 Å². The average Bonchev–Trinajstić information content (AvgIpc) is 1.58. The molecule has 0 saturated carbocycles. The van der Waals surface area contributed by atoms with E-state index in [2.05, 4.69) is 8.83 Å². The van der Waals surface area contributed by atoms with Crippen LogP contribution in [-0.2, 0) is 22.8 Å². The summed E-state index contributed by atoms with van der Waals surface area (Å²) in [5, 5.41) is 0. The standard InChI is InChI=1S/C2H3O6P2/c1-2(3)7-10(6)8-9(4)5/h1H3/q+1/p+1. The fourth-order valence-corrected chi connectivity index (χ4v) is 0.978. The first-order valence-corrected chi connectivity index (χ1v) is 4.25. The molecule has 56 valence electrons. The third-order valence-corrected chi connectivity index (χ3v) is 1.84. The Kier molecular flexibility index (Phi) is 4.23. The monoisotopic (exact) mass is 186 g/mol. The highest BCUT2D eigenvalue weighted by atomic mass is 31.2. The zero-order valence-electron chi connectivity index (χ0n) is 4.88. The number of rotatable bonds is 3. The summed E-state index contributed by atoms with van der Waals surface area (Å²) < 4.78 is 27.5. The van der Waals surface area contributed by atoms with Crippen LogP contribution in [0.15, 0.2) is 0 Å². The van der Waals surface area contributed by atoms with E-state index in [1.54, 1.807) is 0 Å². The number of hydrogen-bond donors (Lipinski definition) is 1. The molecule has 0 fully saturated rings. The van der Waals surface area contributed by atoms with Crippen molar-refractivity contribution < 1.29 is 27.7 Å². The molecule has 0 aromatic rings. The van der Waals surface area contributed by atoms with Crippen molar-refractivity contribution in [2.45, 2.75) is 6.92 Å². The highest BCUT2D eigenvalue weighted by molar-refractivity contribution is 7.47. The maximum Gasteiger partial charge on any atom is 0.803 e. The van der Waals surface area contributed by atoms with Crippen LogP contribution in [0.5, 0.6) is 0 Å². The van der Waals surface area contributed by atoms with Crippen LogP contribution in [0.4, 0.5) is 0 Å². The van der Waals surface area contributed by atoms with Gasteiger partial charge in [0.05, 0.1) is 0 Å². The minimum absolute atomic E-state index is 0.835. The van der Waals surface area contributed by atoms with E-state index in [0.717, 1.165) is 6.92 Å². The molecule has 0 aromatic heterocycles. The first kappa shape index (κ1) is 9.59. The van der Waals surface area contributed by atoms with Gasteiger partial charge in [-0.3, -0.25) is 0 Å². The normalized spacial score (nSPS) is 12.2. The SMILES string of the molecule is CC(=O)O[P+](=O)O[P+](=O)O. The van der Waals surface area contributed by atoms with Gasteiger partial charge in [-0.2, -0.15) is 4.52 Å². The third-order valence-electron chi connectivity index (χ3n) is 0.340. The highest BCUT2D eigenvalue weighted by Gasteiger charge is 2.38. The average molecular weight is 186 g/mol. The van der Waals surface area contributed by atoms with E-state index in [9.17, 15) is 13.9 Å². The molecule has 2 unspecified atom stereocenters. The molecule has 2 atom stereocenters. The van der Waals surface area contributed by atoms with Gasteiger partial charge in [0.25, 0.3) is 0 Å². The van der Waals surface area contributed by atoms with Crippen molar-refractivity contribution in [1.82, 2.24) is 0 Å². The van der Waals surface area contributed by atoms with Crippen molar-refractivity contribution in [2.75, 3.05) is 0 Å². The summed E-state index contributed by atoms with van der Waals surface area (Å²) in [5.41, 5.74) is 0. The van der Waals surface area contributed by atoms with Gasteiger partial charge in [0.1, 0.15) is 0 Å². The molecule has 0 amide bonds. The fourth-order valence-electron chi connectivity index (χ4n) is 0.179. The third kappa shape index (κ3) is 5.72. The van der Waals surface area contributed by atoms with Crippen molar-refractivity contribution in [3.63, 3.8) is 0 Å². The van der Waals surface area contributed by atoms with Crippen LogP contribution in [0.25, 0.3) is 0 Å². The van der Waals surface area contributed by atoms with Gasteiger partial charge in [-0.05, 0) is 0 Å². The van der Waals surface area contributed by atoms with E-state index in [0.29, 0.717) is 0 Å². The molecule has 0 bridgehead atoms. The van der Waals surface area contributed by atoms with Gasteiger partial charge < -0.3 is 0 Å². The molecule has 0 aromatic carbocycles. The van der Waals surface area contributed by atoms with Gasteiger partial charge in [-0.25, -0.2) is 4.79 Å². The minimum atomic E-state index is -2.98. The molecular formula is C2H4O6P2+2. The Morgan fingerprint density at radius 3 is 2.30 bits per heavy atom. The molecule has 0 radical (unpaired) electrons. The quantitative estimate of drug-likeness (QED) is 0.657. The predicted octanol–water partition coefficient (Wildman–Crippen LogP) is 0.873. The molecule has 0 aliphatic carbocycles. The van der Waals surface area contributed by atoms with E-state index in [-0.39, 0.29) is 0 Å². The lowest BCUT2D eigenvalue weighted by Gasteiger charge is -1.72. The van der Waals surface area contributed by atoms with Crippen LogP contribution in [0.2, 0.25) is 0 Å². The summed E-state index contributed by atoms with van der Waals surface area (Å²) >= 11 is 0. The molecule has 1 N–H and O–H groups in total. The predicted molar refractivity (Wildman–Crippen MR) is 30.3 cm³/mol. The minimum Gasteiger partial charge on any atom is -0.247 e. The Morgan fingerprint density at radius 1 is 1.50 bits per heavy atom. The Bertz CT molecular complexity index is 157. The second-order valence-electron chi connectivity index (χ2n) is 1.13. The van der Waals surface area contributed by atoms with E-state index < -0.39 is 22.5 Å². The van der Waals surface area contributed by atoms with Crippen LogP contribution in [0.3, 0.4) is 0 Å². The van der Waals surface area contributed by atoms with Gasteiger partial charge >= 0.3 is 22.5 Å². The van der Waals surface area contributed by atoms with Gasteiger partial charge in [-0.1, -0.05) is 0 Å². The summed E-state index contributed by atoms with van der Waals surface area (Å²) in [6.07, 6.45) is 0. The zero-order valence-corrected chi connectivity index (χ0v) is 6.67. The first-order chi connectivity index (χ1) is 4.52. The van der Waals surface area contributed by atoms with Crippen molar-refractivity contribution in [1.29, 1.82) is 0 Å². The number of hydrogen-bond acceptors (Lipinski definition) is 5. The van der Waals surface area contributed by atoms with Gasteiger partial charge in [0, 0.05) is 16.1 Å². The molecule has 0 spiro atoms. The van der Waals surface area contributed by atoms with Crippen LogP contribution in [-0.4, -0.2) is 10.9 Å². The van der Waals surface area contributed by atoms with Crippen LogP contribution < -0.4 is 0 Å². The molecule has 0 aliphatic heterocycles. The lowest BCUT2D eigenvalue weighted by molar-refractivity contribution is -0.131. The molecule has 10 heavy (non-hydrogen) atoms. The molecule has 0 rings (SSSR count). The first-order valence-electron chi connectivity index (χ1n) is 2.02. The van der Waals surface area contributed by atoms with Crippen molar-refractivity contribution in [3.8, 4) is 0 Å². The molecule has 0 aliphatic rings. The summed E-state index contributed by atoms with van der Waals surface area (Å²) in [5.74, 6) is -0.835. The topological polar surface area (TPSA) is 89.9 Å². The maximum atomic E-state index is 10.2. The van der Waals surface area contributed by atoms with Crippen LogP contribution in [0, 0.1) is 0 Å². The Balaban J connectivity index is 3.65. The Labute approximate surface area is 58.0 Å².